The van der Waals surface area contributed by atoms with Gasteiger partial charge in [0.1, 0.15) is 0 Å². The van der Waals surface area contributed by atoms with Crippen LogP contribution in [0.15, 0.2) is 12.2 Å². The van der Waals surface area contributed by atoms with Crippen LogP contribution in [-0.4, -0.2) is 11.0 Å². The van der Waals surface area contributed by atoms with Crippen LogP contribution in [0, 0.1) is 11.3 Å². The van der Waals surface area contributed by atoms with Gasteiger partial charge >= 0.3 is 0 Å². The third-order valence-corrected chi connectivity index (χ3v) is 3.95. The standard InChI is InChI=1S/C11H20S/c1-9-5-6-10(2)12-8-11(3,4)7-9/h5-6,9-10H,7-8H2,1-4H3. The Morgan fingerprint density at radius 3 is 2.58 bits per heavy atom. The maximum Gasteiger partial charge on any atom is 0.0199 e. The average molecular weight is 184 g/mol. The molecule has 1 aliphatic heterocycles. The molecule has 0 aromatic heterocycles. The van der Waals surface area contributed by atoms with Crippen LogP contribution in [0.25, 0.3) is 0 Å². The fraction of sp³-hybridized carbons (Fsp3) is 0.818. The van der Waals surface area contributed by atoms with Crippen molar-refractivity contribution in [1.82, 2.24) is 0 Å². The molecule has 0 N–H and O–H groups in total. The Bertz CT molecular complexity index is 170. The summed E-state index contributed by atoms with van der Waals surface area (Å²) in [4.78, 5) is 0. The lowest BCUT2D eigenvalue weighted by Crippen LogP contribution is -2.20. The molecule has 0 aromatic carbocycles. The quantitative estimate of drug-likeness (QED) is 0.517. The van der Waals surface area contributed by atoms with E-state index in [1.807, 2.05) is 0 Å². The second-order valence-electron chi connectivity index (χ2n) is 4.75. The summed E-state index contributed by atoms with van der Waals surface area (Å²) in [5.74, 6) is 2.05. The minimum absolute atomic E-state index is 0.517. The molecule has 1 heterocycles. The Morgan fingerprint density at radius 2 is 1.92 bits per heavy atom. The molecule has 1 aliphatic rings. The van der Waals surface area contributed by atoms with E-state index in [4.69, 9.17) is 0 Å². The molecule has 0 fully saturated rings. The SMILES string of the molecule is CC1C=CC(C)SCC(C)(C)C1. The monoisotopic (exact) mass is 184 g/mol. The third kappa shape index (κ3) is 3.22. The Labute approximate surface area is 80.8 Å². The molecule has 0 radical (unpaired) electrons. The van der Waals surface area contributed by atoms with Gasteiger partial charge in [-0.05, 0) is 30.4 Å². The van der Waals surface area contributed by atoms with Crippen molar-refractivity contribution in [3.63, 3.8) is 0 Å². The molecule has 12 heavy (non-hydrogen) atoms. The molecule has 70 valence electrons. The Kier molecular flexibility index (Phi) is 3.28. The first-order chi connectivity index (χ1) is 5.49. The lowest BCUT2D eigenvalue weighted by Gasteiger charge is -2.29. The fourth-order valence-corrected chi connectivity index (χ4v) is 2.79. The van der Waals surface area contributed by atoms with Gasteiger partial charge in [-0.15, -0.1) is 0 Å². The minimum atomic E-state index is 0.517. The zero-order valence-corrected chi connectivity index (χ0v) is 9.45. The highest BCUT2D eigenvalue weighted by molar-refractivity contribution is 8.00. The molecule has 2 unspecified atom stereocenters. The molecule has 0 saturated carbocycles. The first kappa shape index (κ1) is 10.2. The van der Waals surface area contributed by atoms with E-state index in [1.54, 1.807) is 0 Å². The number of thioether (sulfide) groups is 1. The lowest BCUT2D eigenvalue weighted by molar-refractivity contribution is 0.343. The summed E-state index contributed by atoms with van der Waals surface area (Å²) in [6, 6.07) is 0. The van der Waals surface area contributed by atoms with Crippen LogP contribution < -0.4 is 0 Å². The fourth-order valence-electron chi connectivity index (χ4n) is 1.76. The second-order valence-corrected chi connectivity index (χ2v) is 6.11. The predicted octanol–water partition coefficient (Wildman–Crippen LogP) is 3.73. The van der Waals surface area contributed by atoms with Gasteiger partial charge in [0, 0.05) is 5.25 Å². The van der Waals surface area contributed by atoms with Crippen molar-refractivity contribution < 1.29 is 0 Å². The van der Waals surface area contributed by atoms with Gasteiger partial charge in [0.2, 0.25) is 0 Å². The Hall–Kier alpha value is 0.0900. The van der Waals surface area contributed by atoms with Gasteiger partial charge in [-0.2, -0.15) is 11.8 Å². The van der Waals surface area contributed by atoms with Gasteiger partial charge in [-0.25, -0.2) is 0 Å². The van der Waals surface area contributed by atoms with E-state index in [0.29, 0.717) is 10.7 Å². The van der Waals surface area contributed by atoms with E-state index in [2.05, 4.69) is 51.6 Å². The van der Waals surface area contributed by atoms with E-state index in [0.717, 1.165) is 5.92 Å². The molecule has 0 spiro atoms. The first-order valence-corrected chi connectivity index (χ1v) is 5.84. The Balaban J connectivity index is 2.64. The average Bonchev–Trinajstić information content (AvgIpc) is 1.95. The van der Waals surface area contributed by atoms with Crippen LogP contribution in [0.1, 0.15) is 34.1 Å². The smallest absolute Gasteiger partial charge is 0.0199 e. The van der Waals surface area contributed by atoms with Crippen LogP contribution in [0.5, 0.6) is 0 Å². The second kappa shape index (κ2) is 3.87. The number of rotatable bonds is 0. The van der Waals surface area contributed by atoms with Gasteiger partial charge < -0.3 is 0 Å². The summed E-state index contributed by atoms with van der Waals surface area (Å²) < 4.78 is 0. The zero-order valence-electron chi connectivity index (χ0n) is 8.63. The molecule has 0 nitrogen and oxygen atoms in total. The topological polar surface area (TPSA) is 0 Å². The molecule has 0 bridgehead atoms. The van der Waals surface area contributed by atoms with Gasteiger partial charge in [-0.3, -0.25) is 0 Å². The van der Waals surface area contributed by atoms with Gasteiger partial charge in [0.05, 0.1) is 0 Å². The molecule has 0 aromatic rings. The predicted molar refractivity (Wildman–Crippen MR) is 58.6 cm³/mol. The molecule has 1 rings (SSSR count). The maximum absolute atomic E-state index is 2.38. The normalized spacial score (nSPS) is 35.7. The van der Waals surface area contributed by atoms with Crippen molar-refractivity contribution in [3.05, 3.63) is 12.2 Å². The summed E-state index contributed by atoms with van der Waals surface area (Å²) in [5, 5.41) is 0.701. The molecular formula is C11H20S. The molecule has 0 aliphatic carbocycles. The Morgan fingerprint density at radius 1 is 1.25 bits per heavy atom. The van der Waals surface area contributed by atoms with Crippen molar-refractivity contribution in [3.8, 4) is 0 Å². The zero-order chi connectivity index (χ0) is 9.19. The van der Waals surface area contributed by atoms with Crippen molar-refractivity contribution in [2.45, 2.75) is 39.4 Å². The summed E-state index contributed by atoms with van der Waals surface area (Å²) in [5.41, 5.74) is 0.517. The van der Waals surface area contributed by atoms with E-state index < -0.39 is 0 Å². The third-order valence-electron chi connectivity index (χ3n) is 2.32. The van der Waals surface area contributed by atoms with Gasteiger partial charge in [0.15, 0.2) is 0 Å². The van der Waals surface area contributed by atoms with Crippen LogP contribution in [-0.2, 0) is 0 Å². The molecule has 2 atom stereocenters. The minimum Gasteiger partial charge on any atom is -0.154 e. The van der Waals surface area contributed by atoms with Crippen LogP contribution in [0.2, 0.25) is 0 Å². The number of allylic oxidation sites excluding steroid dienone is 1. The summed E-state index contributed by atoms with van der Waals surface area (Å²) in [6.07, 6.45) is 6.05. The molecular weight excluding hydrogens is 164 g/mol. The van der Waals surface area contributed by atoms with Crippen molar-refractivity contribution in [2.24, 2.45) is 11.3 Å². The van der Waals surface area contributed by atoms with Gasteiger partial charge in [-0.1, -0.05) is 32.9 Å². The van der Waals surface area contributed by atoms with Crippen molar-refractivity contribution in [2.75, 3.05) is 5.75 Å². The van der Waals surface area contributed by atoms with E-state index in [9.17, 15) is 0 Å². The van der Waals surface area contributed by atoms with E-state index in [1.165, 1.54) is 12.2 Å². The summed E-state index contributed by atoms with van der Waals surface area (Å²) >= 11 is 2.07. The van der Waals surface area contributed by atoms with Crippen LogP contribution in [0.4, 0.5) is 0 Å². The van der Waals surface area contributed by atoms with Crippen LogP contribution >= 0.6 is 11.8 Å². The molecule has 1 heteroatoms. The highest BCUT2D eigenvalue weighted by atomic mass is 32.2. The lowest BCUT2D eigenvalue weighted by atomic mass is 9.85. The van der Waals surface area contributed by atoms with Crippen molar-refractivity contribution in [1.29, 1.82) is 0 Å². The molecule has 0 amide bonds. The van der Waals surface area contributed by atoms with Crippen LogP contribution in [0.3, 0.4) is 0 Å². The highest BCUT2D eigenvalue weighted by Gasteiger charge is 2.22. The summed E-state index contributed by atoms with van der Waals surface area (Å²) in [6.45, 7) is 9.36. The van der Waals surface area contributed by atoms with Crippen molar-refractivity contribution >= 4 is 11.8 Å². The molecule has 0 saturated heterocycles. The number of hydrogen-bond donors (Lipinski definition) is 0. The largest absolute Gasteiger partial charge is 0.154 e. The maximum atomic E-state index is 2.38. The first-order valence-electron chi connectivity index (χ1n) is 4.79. The number of hydrogen-bond acceptors (Lipinski definition) is 1. The highest BCUT2D eigenvalue weighted by Crippen LogP contribution is 2.34. The van der Waals surface area contributed by atoms with Gasteiger partial charge in [0.25, 0.3) is 0 Å². The van der Waals surface area contributed by atoms with E-state index >= 15 is 0 Å². The van der Waals surface area contributed by atoms with E-state index in [-0.39, 0.29) is 0 Å². The summed E-state index contributed by atoms with van der Waals surface area (Å²) in [7, 11) is 0.